The molecule has 0 unspecified atom stereocenters. The minimum Gasteiger partial charge on any atom is -0.396 e. The average Bonchev–Trinajstić information content (AvgIpc) is 2.96. The number of nitrogens with zero attached hydrogens (tertiary/aromatic N) is 2. The van der Waals surface area contributed by atoms with Crippen molar-refractivity contribution < 1.29 is 13.5 Å². The van der Waals surface area contributed by atoms with Crippen LogP contribution in [0.2, 0.25) is 0 Å². The average molecular weight is 273 g/mol. The summed E-state index contributed by atoms with van der Waals surface area (Å²) in [4.78, 5) is 0.163. The third kappa shape index (κ3) is 2.73. The van der Waals surface area contributed by atoms with E-state index < -0.39 is 10.0 Å². The third-order valence-electron chi connectivity index (χ3n) is 3.63. The highest BCUT2D eigenvalue weighted by Gasteiger charge is 2.34. The van der Waals surface area contributed by atoms with Gasteiger partial charge in [0.25, 0.3) is 0 Å². The number of aryl methyl sites for hydroxylation is 1. The molecule has 102 valence electrons. The molecule has 0 spiro atoms. The minimum absolute atomic E-state index is 0.0303. The summed E-state index contributed by atoms with van der Waals surface area (Å²) in [6, 6.07) is 0. The lowest BCUT2D eigenvalue weighted by Crippen LogP contribution is -2.38. The van der Waals surface area contributed by atoms with Crippen molar-refractivity contribution in [2.45, 2.75) is 30.6 Å². The van der Waals surface area contributed by atoms with Crippen LogP contribution in [0, 0.1) is 5.41 Å². The molecule has 1 fully saturated rings. The van der Waals surface area contributed by atoms with Crippen molar-refractivity contribution in [3.05, 3.63) is 12.4 Å². The summed E-state index contributed by atoms with van der Waals surface area (Å²) in [5.41, 5.74) is -0.282. The first-order valence-electron chi connectivity index (χ1n) is 6.07. The Balaban J connectivity index is 2.05. The Hall–Kier alpha value is -0.920. The highest BCUT2D eigenvalue weighted by atomic mass is 32.2. The van der Waals surface area contributed by atoms with Crippen molar-refractivity contribution in [2.75, 3.05) is 13.2 Å². The summed E-state index contributed by atoms with van der Waals surface area (Å²) in [6.07, 6.45) is 6.63. The highest BCUT2D eigenvalue weighted by Crippen LogP contribution is 2.37. The second-order valence-corrected chi connectivity index (χ2v) is 6.81. The molecule has 7 heteroatoms. The van der Waals surface area contributed by atoms with Gasteiger partial charge < -0.3 is 5.11 Å². The lowest BCUT2D eigenvalue weighted by atomic mass is 9.88. The molecule has 2 N–H and O–H groups in total. The largest absolute Gasteiger partial charge is 0.396 e. The fourth-order valence-corrected chi connectivity index (χ4v) is 3.52. The van der Waals surface area contributed by atoms with Crippen LogP contribution in [0.15, 0.2) is 17.3 Å². The van der Waals surface area contributed by atoms with E-state index in [0.29, 0.717) is 6.54 Å². The number of aromatic nitrogens is 2. The zero-order valence-electron chi connectivity index (χ0n) is 10.5. The molecule has 1 aromatic rings. The molecule has 1 heterocycles. The quantitative estimate of drug-likeness (QED) is 0.805. The summed E-state index contributed by atoms with van der Waals surface area (Å²) in [5, 5.41) is 13.3. The summed E-state index contributed by atoms with van der Waals surface area (Å²) in [6.45, 7) is 0.323. The van der Waals surface area contributed by atoms with E-state index in [4.69, 9.17) is 0 Å². The lowest BCUT2D eigenvalue weighted by molar-refractivity contribution is 0.134. The van der Waals surface area contributed by atoms with Gasteiger partial charge in [-0.3, -0.25) is 4.68 Å². The van der Waals surface area contributed by atoms with E-state index in [2.05, 4.69) is 9.82 Å². The third-order valence-corrected chi connectivity index (χ3v) is 4.98. The molecule has 0 radical (unpaired) electrons. The minimum atomic E-state index is -3.52. The zero-order chi connectivity index (χ0) is 13.2. The number of nitrogens with one attached hydrogen (secondary N) is 1. The van der Waals surface area contributed by atoms with Crippen LogP contribution >= 0.6 is 0 Å². The van der Waals surface area contributed by atoms with Gasteiger partial charge in [-0.05, 0) is 12.8 Å². The van der Waals surface area contributed by atoms with E-state index in [1.807, 2.05) is 0 Å². The molecular formula is C11H19N3O3S. The maximum absolute atomic E-state index is 12.0. The molecule has 1 aliphatic rings. The van der Waals surface area contributed by atoms with Crippen molar-refractivity contribution in [1.82, 2.24) is 14.5 Å². The Morgan fingerprint density at radius 3 is 2.67 bits per heavy atom. The summed E-state index contributed by atoms with van der Waals surface area (Å²) in [5.74, 6) is 0. The summed E-state index contributed by atoms with van der Waals surface area (Å²) in [7, 11) is -1.85. The number of hydrogen-bond acceptors (Lipinski definition) is 4. The van der Waals surface area contributed by atoms with Crippen LogP contribution in [0.25, 0.3) is 0 Å². The van der Waals surface area contributed by atoms with Gasteiger partial charge in [-0.1, -0.05) is 12.8 Å². The van der Waals surface area contributed by atoms with E-state index in [9.17, 15) is 13.5 Å². The molecule has 0 amide bonds. The predicted octanol–water partition coefficient (Wildman–Crippen LogP) is 0.251. The van der Waals surface area contributed by atoms with Gasteiger partial charge in [0, 0.05) is 31.8 Å². The molecular weight excluding hydrogens is 254 g/mol. The van der Waals surface area contributed by atoms with Crippen LogP contribution in [0.3, 0.4) is 0 Å². The maximum atomic E-state index is 12.0. The number of aliphatic hydroxyl groups excluding tert-OH is 1. The van der Waals surface area contributed by atoms with Gasteiger partial charge in [0.1, 0.15) is 4.90 Å². The van der Waals surface area contributed by atoms with Crippen LogP contribution in [0.5, 0.6) is 0 Å². The molecule has 18 heavy (non-hydrogen) atoms. The van der Waals surface area contributed by atoms with Gasteiger partial charge in [0.05, 0.1) is 6.20 Å². The number of aliphatic hydroxyl groups is 1. The Morgan fingerprint density at radius 1 is 1.50 bits per heavy atom. The zero-order valence-corrected chi connectivity index (χ0v) is 11.3. The van der Waals surface area contributed by atoms with Crippen molar-refractivity contribution >= 4 is 10.0 Å². The Morgan fingerprint density at radius 2 is 2.17 bits per heavy atom. The van der Waals surface area contributed by atoms with Crippen molar-refractivity contribution in [3.63, 3.8) is 0 Å². The summed E-state index contributed by atoms with van der Waals surface area (Å²) < 4.78 is 28.1. The van der Waals surface area contributed by atoms with Crippen molar-refractivity contribution in [2.24, 2.45) is 12.5 Å². The van der Waals surface area contributed by atoms with Gasteiger partial charge >= 0.3 is 0 Å². The van der Waals surface area contributed by atoms with Crippen LogP contribution in [0.1, 0.15) is 25.7 Å². The van der Waals surface area contributed by atoms with E-state index in [1.54, 1.807) is 7.05 Å². The fraction of sp³-hybridized carbons (Fsp3) is 0.727. The van der Waals surface area contributed by atoms with Crippen molar-refractivity contribution in [3.8, 4) is 0 Å². The molecule has 2 rings (SSSR count). The number of sulfonamides is 1. The standard InChI is InChI=1S/C11H19N3O3S/c1-14-7-10(6-12-14)18(16,17)13-8-11(9-15)4-2-3-5-11/h6-7,13,15H,2-5,8-9H2,1H3. The Labute approximate surface area is 107 Å². The first-order chi connectivity index (χ1) is 8.47. The molecule has 6 nitrogen and oxygen atoms in total. The predicted molar refractivity (Wildman–Crippen MR) is 66.4 cm³/mol. The Bertz CT molecular complexity index is 503. The molecule has 1 saturated carbocycles. The first kappa shape index (κ1) is 13.5. The normalized spacial score (nSPS) is 19.2. The molecule has 1 aromatic heterocycles. The maximum Gasteiger partial charge on any atom is 0.243 e. The molecule has 0 aliphatic heterocycles. The molecule has 0 atom stereocenters. The van der Waals surface area contributed by atoms with Crippen LogP contribution in [-0.2, 0) is 17.1 Å². The number of rotatable bonds is 5. The highest BCUT2D eigenvalue weighted by molar-refractivity contribution is 7.89. The summed E-state index contributed by atoms with van der Waals surface area (Å²) >= 11 is 0. The second-order valence-electron chi connectivity index (χ2n) is 5.04. The van der Waals surface area contributed by atoms with Crippen LogP contribution in [-0.4, -0.2) is 36.5 Å². The van der Waals surface area contributed by atoms with Gasteiger partial charge in [-0.15, -0.1) is 0 Å². The van der Waals surface area contributed by atoms with E-state index in [0.717, 1.165) is 25.7 Å². The van der Waals surface area contributed by atoms with E-state index >= 15 is 0 Å². The molecule has 0 aromatic carbocycles. The monoisotopic (exact) mass is 273 g/mol. The van der Waals surface area contributed by atoms with Crippen molar-refractivity contribution in [1.29, 1.82) is 0 Å². The van der Waals surface area contributed by atoms with Gasteiger partial charge in [-0.2, -0.15) is 5.10 Å². The topological polar surface area (TPSA) is 84.2 Å². The van der Waals surface area contributed by atoms with E-state index in [-0.39, 0.29) is 16.9 Å². The lowest BCUT2D eigenvalue weighted by Gasteiger charge is -2.26. The fourth-order valence-electron chi connectivity index (χ4n) is 2.38. The molecule has 0 bridgehead atoms. The van der Waals surface area contributed by atoms with Gasteiger partial charge in [-0.25, -0.2) is 13.1 Å². The van der Waals surface area contributed by atoms with Gasteiger partial charge in [0.2, 0.25) is 10.0 Å². The molecule has 1 aliphatic carbocycles. The Kier molecular flexibility index (Phi) is 3.74. The smallest absolute Gasteiger partial charge is 0.243 e. The molecule has 0 saturated heterocycles. The van der Waals surface area contributed by atoms with E-state index in [1.165, 1.54) is 17.1 Å². The first-order valence-corrected chi connectivity index (χ1v) is 7.55. The number of hydrogen-bond donors (Lipinski definition) is 2. The van der Waals surface area contributed by atoms with Crippen LogP contribution in [0.4, 0.5) is 0 Å². The second kappa shape index (κ2) is 4.99. The van der Waals surface area contributed by atoms with Gasteiger partial charge in [0.15, 0.2) is 0 Å². The SMILES string of the molecule is Cn1cc(S(=O)(=O)NCC2(CO)CCCC2)cn1. The van der Waals surface area contributed by atoms with Crippen LogP contribution < -0.4 is 4.72 Å².